The standard InChI is InChI=1S/C12H22N2O2/c1-8-6-10(9(2)13-7-8)14-11(15)16-12(3,4)5/h6,8-9,13H,7H2,1-5H3,(H,14,15)/t8-,9+/m0/s1. The Labute approximate surface area is 97.4 Å². The van der Waals surface area contributed by atoms with Gasteiger partial charge in [0.1, 0.15) is 5.60 Å². The second-order valence-electron chi connectivity index (χ2n) is 5.36. The van der Waals surface area contributed by atoms with Crippen LogP contribution in [0.4, 0.5) is 4.79 Å². The van der Waals surface area contributed by atoms with Crippen molar-refractivity contribution < 1.29 is 9.53 Å². The van der Waals surface area contributed by atoms with Gasteiger partial charge in [-0.15, -0.1) is 0 Å². The number of hydrogen-bond donors (Lipinski definition) is 2. The fourth-order valence-corrected chi connectivity index (χ4v) is 1.55. The first-order chi connectivity index (χ1) is 7.28. The molecule has 1 heterocycles. The maximum atomic E-state index is 11.6. The third-order valence-corrected chi connectivity index (χ3v) is 2.32. The van der Waals surface area contributed by atoms with Gasteiger partial charge < -0.3 is 10.1 Å². The van der Waals surface area contributed by atoms with Crippen molar-refractivity contribution >= 4 is 6.09 Å². The maximum Gasteiger partial charge on any atom is 0.411 e. The molecule has 1 rings (SSSR count). The SMILES string of the molecule is C[C@H]1C=C(NC(=O)OC(C)(C)C)[C@@H](C)NC1. The van der Waals surface area contributed by atoms with Crippen LogP contribution in [0.3, 0.4) is 0 Å². The predicted molar refractivity (Wildman–Crippen MR) is 64.1 cm³/mol. The Morgan fingerprint density at radius 1 is 1.50 bits per heavy atom. The molecule has 16 heavy (non-hydrogen) atoms. The van der Waals surface area contributed by atoms with Gasteiger partial charge in [0.05, 0.1) is 0 Å². The van der Waals surface area contributed by atoms with Crippen molar-refractivity contribution in [3.05, 3.63) is 11.8 Å². The number of carbonyl (C=O) groups excluding carboxylic acids is 1. The quantitative estimate of drug-likeness (QED) is 0.719. The van der Waals surface area contributed by atoms with E-state index < -0.39 is 5.60 Å². The summed E-state index contributed by atoms with van der Waals surface area (Å²) in [4.78, 5) is 11.6. The van der Waals surface area contributed by atoms with Crippen LogP contribution in [0.15, 0.2) is 11.8 Å². The molecule has 0 saturated carbocycles. The molecule has 0 saturated heterocycles. The Bertz CT molecular complexity index is 292. The van der Waals surface area contributed by atoms with Crippen molar-refractivity contribution in [2.45, 2.75) is 46.3 Å². The zero-order valence-corrected chi connectivity index (χ0v) is 10.8. The molecule has 2 N–H and O–H groups in total. The minimum Gasteiger partial charge on any atom is -0.444 e. The zero-order valence-electron chi connectivity index (χ0n) is 10.8. The lowest BCUT2D eigenvalue weighted by Crippen LogP contribution is -2.43. The highest BCUT2D eigenvalue weighted by molar-refractivity contribution is 5.70. The largest absolute Gasteiger partial charge is 0.444 e. The molecule has 1 aliphatic heterocycles. The van der Waals surface area contributed by atoms with E-state index in [1.807, 2.05) is 27.7 Å². The van der Waals surface area contributed by atoms with E-state index in [-0.39, 0.29) is 12.1 Å². The molecule has 0 spiro atoms. The topological polar surface area (TPSA) is 50.4 Å². The van der Waals surface area contributed by atoms with E-state index >= 15 is 0 Å². The summed E-state index contributed by atoms with van der Waals surface area (Å²) in [5.41, 5.74) is 0.440. The van der Waals surface area contributed by atoms with Crippen LogP contribution in [0.2, 0.25) is 0 Å². The fourth-order valence-electron chi connectivity index (χ4n) is 1.55. The summed E-state index contributed by atoms with van der Waals surface area (Å²) in [5.74, 6) is 0.432. The molecule has 0 fully saturated rings. The molecule has 1 amide bonds. The van der Waals surface area contributed by atoms with Crippen molar-refractivity contribution in [3.8, 4) is 0 Å². The summed E-state index contributed by atoms with van der Waals surface area (Å²) in [7, 11) is 0. The Morgan fingerprint density at radius 2 is 2.12 bits per heavy atom. The first kappa shape index (κ1) is 13.0. The number of rotatable bonds is 1. The number of ether oxygens (including phenoxy) is 1. The van der Waals surface area contributed by atoms with E-state index in [1.165, 1.54) is 0 Å². The van der Waals surface area contributed by atoms with Crippen molar-refractivity contribution in [1.82, 2.24) is 10.6 Å². The first-order valence-corrected chi connectivity index (χ1v) is 5.73. The van der Waals surface area contributed by atoms with Crippen LogP contribution in [-0.4, -0.2) is 24.3 Å². The van der Waals surface area contributed by atoms with Gasteiger partial charge in [-0.05, 0) is 33.6 Å². The average Bonchev–Trinajstić information content (AvgIpc) is 2.08. The summed E-state index contributed by atoms with van der Waals surface area (Å²) >= 11 is 0. The molecular formula is C12H22N2O2. The minimum absolute atomic E-state index is 0.170. The normalized spacial score (nSPS) is 25.9. The molecule has 0 unspecified atom stereocenters. The van der Waals surface area contributed by atoms with E-state index in [1.54, 1.807) is 0 Å². The van der Waals surface area contributed by atoms with Gasteiger partial charge in [0.25, 0.3) is 0 Å². The Hall–Kier alpha value is -1.03. The fraction of sp³-hybridized carbons (Fsp3) is 0.750. The van der Waals surface area contributed by atoms with Gasteiger partial charge in [-0.3, -0.25) is 5.32 Å². The summed E-state index contributed by atoms with van der Waals surface area (Å²) < 4.78 is 5.21. The highest BCUT2D eigenvalue weighted by Crippen LogP contribution is 2.12. The Morgan fingerprint density at radius 3 is 2.69 bits per heavy atom. The third kappa shape index (κ3) is 4.23. The van der Waals surface area contributed by atoms with Gasteiger partial charge in [0, 0.05) is 18.3 Å². The lowest BCUT2D eigenvalue weighted by Gasteiger charge is -2.27. The first-order valence-electron chi connectivity index (χ1n) is 5.73. The van der Waals surface area contributed by atoms with Crippen LogP contribution in [0.1, 0.15) is 34.6 Å². The third-order valence-electron chi connectivity index (χ3n) is 2.32. The number of alkyl carbamates (subject to hydrolysis) is 1. The molecule has 0 aromatic heterocycles. The monoisotopic (exact) mass is 226 g/mol. The highest BCUT2D eigenvalue weighted by Gasteiger charge is 2.21. The van der Waals surface area contributed by atoms with Crippen molar-refractivity contribution in [1.29, 1.82) is 0 Å². The molecule has 92 valence electrons. The average molecular weight is 226 g/mol. The molecule has 0 aromatic carbocycles. The van der Waals surface area contributed by atoms with Crippen LogP contribution < -0.4 is 10.6 Å². The Balaban J connectivity index is 2.56. The smallest absolute Gasteiger partial charge is 0.411 e. The molecule has 0 bridgehead atoms. The molecule has 4 nitrogen and oxygen atoms in total. The molecule has 4 heteroatoms. The van der Waals surface area contributed by atoms with Crippen molar-refractivity contribution in [2.75, 3.05) is 6.54 Å². The number of amides is 1. The van der Waals surface area contributed by atoms with Gasteiger partial charge >= 0.3 is 6.09 Å². The summed E-state index contributed by atoms with van der Waals surface area (Å²) in [6.07, 6.45) is 1.69. The summed E-state index contributed by atoms with van der Waals surface area (Å²) in [5, 5.41) is 6.10. The van der Waals surface area contributed by atoms with E-state index in [9.17, 15) is 4.79 Å². The number of nitrogens with one attached hydrogen (secondary N) is 2. The molecule has 2 atom stereocenters. The van der Waals surface area contributed by atoms with Crippen LogP contribution in [0, 0.1) is 5.92 Å². The van der Waals surface area contributed by atoms with E-state index in [0.717, 1.165) is 12.2 Å². The highest BCUT2D eigenvalue weighted by atomic mass is 16.6. The van der Waals surface area contributed by atoms with Crippen molar-refractivity contribution in [3.63, 3.8) is 0 Å². The Kier molecular flexibility index (Phi) is 3.97. The van der Waals surface area contributed by atoms with Crippen LogP contribution in [-0.2, 0) is 4.74 Å². The lowest BCUT2D eigenvalue weighted by atomic mass is 10.0. The maximum absolute atomic E-state index is 11.6. The predicted octanol–water partition coefficient (Wildman–Crippen LogP) is 2.02. The second-order valence-corrected chi connectivity index (χ2v) is 5.36. The lowest BCUT2D eigenvalue weighted by molar-refractivity contribution is 0.0540. The summed E-state index contributed by atoms with van der Waals surface area (Å²) in [6, 6.07) is 0.170. The van der Waals surface area contributed by atoms with Gasteiger partial charge in [-0.1, -0.05) is 13.0 Å². The van der Waals surface area contributed by atoms with Gasteiger partial charge in [-0.25, -0.2) is 4.79 Å². The summed E-state index contributed by atoms with van der Waals surface area (Å²) in [6.45, 7) is 10.6. The number of hydrogen-bond acceptors (Lipinski definition) is 3. The van der Waals surface area contributed by atoms with Crippen LogP contribution >= 0.6 is 0 Å². The molecule has 0 aliphatic carbocycles. The second kappa shape index (κ2) is 4.87. The molecular weight excluding hydrogens is 204 g/mol. The molecule has 1 aliphatic rings. The van der Waals surface area contributed by atoms with Gasteiger partial charge in [0.15, 0.2) is 0 Å². The van der Waals surface area contributed by atoms with Gasteiger partial charge in [0.2, 0.25) is 0 Å². The van der Waals surface area contributed by atoms with Crippen molar-refractivity contribution in [2.24, 2.45) is 5.92 Å². The number of carbonyl (C=O) groups is 1. The van der Waals surface area contributed by atoms with Crippen LogP contribution in [0.25, 0.3) is 0 Å². The minimum atomic E-state index is -0.457. The van der Waals surface area contributed by atoms with E-state index in [4.69, 9.17) is 4.74 Å². The van der Waals surface area contributed by atoms with E-state index in [0.29, 0.717) is 5.92 Å². The molecule has 0 radical (unpaired) electrons. The van der Waals surface area contributed by atoms with Gasteiger partial charge in [-0.2, -0.15) is 0 Å². The van der Waals surface area contributed by atoms with Crippen LogP contribution in [0.5, 0.6) is 0 Å². The zero-order chi connectivity index (χ0) is 12.3. The van der Waals surface area contributed by atoms with E-state index in [2.05, 4.69) is 23.6 Å². The molecule has 0 aromatic rings.